The zero-order valence-corrected chi connectivity index (χ0v) is 14.7. The second kappa shape index (κ2) is 12.2. The molecule has 0 bridgehead atoms. The molecule has 1 aromatic rings. The average Bonchev–Trinajstić information content (AvgIpc) is 2.42. The number of unbranched alkanes of at least 4 members (excludes halogenated alkanes) is 6. The molecule has 0 unspecified atom stereocenters. The molecule has 0 atom stereocenters. The number of hydrogen-bond donors (Lipinski definition) is 0. The predicted octanol–water partition coefficient (Wildman–Crippen LogP) is 0.184. The molecule has 0 aliphatic heterocycles. The van der Waals surface area contributed by atoms with Gasteiger partial charge in [0, 0.05) is 5.56 Å². The third-order valence-corrected chi connectivity index (χ3v) is 3.11. The molecule has 0 radical (unpaired) electrons. The third-order valence-electron chi connectivity index (χ3n) is 3.11. The van der Waals surface area contributed by atoms with Crippen molar-refractivity contribution in [1.82, 2.24) is 0 Å². The van der Waals surface area contributed by atoms with Crippen molar-refractivity contribution in [3.05, 3.63) is 29.8 Å². The normalized spacial score (nSPS) is 9.85. The first-order valence-electron chi connectivity index (χ1n) is 7.19. The minimum absolute atomic E-state index is 0. The molecule has 0 fully saturated rings. The molecule has 0 amide bonds. The van der Waals surface area contributed by atoms with Crippen LogP contribution in [0.4, 0.5) is 0 Å². The van der Waals surface area contributed by atoms with Crippen molar-refractivity contribution >= 4 is 5.97 Å². The molecule has 20 heavy (non-hydrogen) atoms. The summed E-state index contributed by atoms with van der Waals surface area (Å²) in [6.07, 6.45) is 8.50. The van der Waals surface area contributed by atoms with E-state index in [0.29, 0.717) is 12.4 Å². The maximum Gasteiger partial charge on any atom is 1.00 e. The Balaban J connectivity index is 0.00000361. The van der Waals surface area contributed by atoms with E-state index in [2.05, 4.69) is 6.92 Å². The van der Waals surface area contributed by atoms with E-state index in [1.807, 2.05) is 0 Å². The van der Waals surface area contributed by atoms with E-state index in [9.17, 15) is 9.90 Å². The van der Waals surface area contributed by atoms with E-state index in [1.165, 1.54) is 38.2 Å². The number of aromatic carboxylic acids is 1. The molecule has 0 aliphatic rings. The fraction of sp³-hybridized carbons (Fsp3) is 0.562. The number of carbonyl (C=O) groups excluding carboxylic acids is 1. The summed E-state index contributed by atoms with van der Waals surface area (Å²) >= 11 is 0. The molecule has 0 aromatic heterocycles. The molecule has 1 aromatic carbocycles. The minimum Gasteiger partial charge on any atom is -0.545 e. The summed E-state index contributed by atoms with van der Waals surface area (Å²) in [4.78, 5) is 10.9. The summed E-state index contributed by atoms with van der Waals surface area (Å²) in [5.41, 5.74) is 0.130. The molecule has 1 rings (SSSR count). The third kappa shape index (κ3) is 7.93. The van der Waals surface area contributed by atoms with Gasteiger partial charge in [-0.05, 0) is 18.6 Å². The summed E-state index contributed by atoms with van der Waals surface area (Å²) in [5.74, 6) is -0.774. The van der Waals surface area contributed by atoms with E-state index < -0.39 is 5.97 Å². The van der Waals surface area contributed by atoms with Crippen molar-refractivity contribution < 1.29 is 44.2 Å². The van der Waals surface area contributed by atoms with E-state index in [4.69, 9.17) is 4.74 Å². The first-order valence-corrected chi connectivity index (χ1v) is 7.19. The Morgan fingerprint density at radius 3 is 2.30 bits per heavy atom. The molecule has 0 heterocycles. The predicted molar refractivity (Wildman–Crippen MR) is 74.3 cm³/mol. The summed E-state index contributed by atoms with van der Waals surface area (Å²) in [6.45, 7) is 2.78. The summed E-state index contributed by atoms with van der Waals surface area (Å²) in [5, 5.41) is 10.9. The van der Waals surface area contributed by atoms with Crippen molar-refractivity contribution in [2.24, 2.45) is 0 Å². The van der Waals surface area contributed by atoms with Crippen LogP contribution < -0.4 is 39.4 Å². The summed E-state index contributed by atoms with van der Waals surface area (Å²) in [7, 11) is 0. The molecule has 0 aliphatic carbocycles. The van der Waals surface area contributed by atoms with Crippen LogP contribution >= 0.6 is 0 Å². The maximum absolute atomic E-state index is 10.9. The van der Waals surface area contributed by atoms with E-state index in [-0.39, 0.29) is 35.1 Å². The van der Waals surface area contributed by atoms with Gasteiger partial charge in [0.15, 0.2) is 0 Å². The average molecular weight is 286 g/mol. The van der Waals surface area contributed by atoms with Gasteiger partial charge in [0.25, 0.3) is 0 Å². The van der Waals surface area contributed by atoms with E-state index >= 15 is 0 Å². The standard InChI is InChI=1S/C16H24O3.Na/c1-2-3-4-5-6-7-10-13-19-15-12-9-8-11-14(15)16(17)18;/h8-9,11-12H,2-7,10,13H2,1H3,(H,17,18);/q;+1/p-1. The van der Waals surface area contributed by atoms with Crippen LogP contribution in [0.15, 0.2) is 24.3 Å². The van der Waals surface area contributed by atoms with Crippen LogP contribution in [0.1, 0.15) is 62.2 Å². The summed E-state index contributed by atoms with van der Waals surface area (Å²) in [6, 6.07) is 6.63. The number of carboxylic acid groups (broad SMARTS) is 1. The first kappa shape index (κ1) is 19.5. The zero-order valence-electron chi connectivity index (χ0n) is 12.7. The first-order chi connectivity index (χ1) is 9.25. The van der Waals surface area contributed by atoms with Crippen LogP contribution in [0.3, 0.4) is 0 Å². The van der Waals surface area contributed by atoms with Gasteiger partial charge in [-0.3, -0.25) is 0 Å². The number of benzene rings is 1. The molecule has 106 valence electrons. The Hall–Kier alpha value is -0.510. The van der Waals surface area contributed by atoms with Crippen molar-refractivity contribution in [2.75, 3.05) is 6.61 Å². The van der Waals surface area contributed by atoms with Crippen LogP contribution in [0.25, 0.3) is 0 Å². The Bertz CT molecular complexity index is 380. The molecule has 4 heteroatoms. The fourth-order valence-corrected chi connectivity index (χ4v) is 2.00. The molecule has 0 saturated heterocycles. The van der Waals surface area contributed by atoms with Crippen molar-refractivity contribution in [1.29, 1.82) is 0 Å². The Labute approximate surface area is 144 Å². The van der Waals surface area contributed by atoms with Crippen molar-refractivity contribution in [3.8, 4) is 5.75 Å². The molecule has 0 spiro atoms. The fourth-order valence-electron chi connectivity index (χ4n) is 2.00. The van der Waals surface area contributed by atoms with Gasteiger partial charge in [-0.25, -0.2) is 0 Å². The number of para-hydroxylation sites is 1. The van der Waals surface area contributed by atoms with Gasteiger partial charge in [0.05, 0.1) is 12.6 Å². The van der Waals surface area contributed by atoms with Gasteiger partial charge in [0.1, 0.15) is 5.75 Å². The van der Waals surface area contributed by atoms with Gasteiger partial charge >= 0.3 is 29.6 Å². The monoisotopic (exact) mass is 286 g/mol. The minimum atomic E-state index is -1.19. The molecular weight excluding hydrogens is 263 g/mol. The second-order valence-corrected chi connectivity index (χ2v) is 4.75. The van der Waals surface area contributed by atoms with Crippen LogP contribution in [0, 0.1) is 0 Å². The Morgan fingerprint density at radius 1 is 1.05 bits per heavy atom. The quantitative estimate of drug-likeness (QED) is 0.455. The van der Waals surface area contributed by atoms with Gasteiger partial charge in [-0.1, -0.05) is 57.6 Å². The molecule has 3 nitrogen and oxygen atoms in total. The van der Waals surface area contributed by atoms with E-state index in [1.54, 1.807) is 18.2 Å². The smallest absolute Gasteiger partial charge is 0.545 e. The number of rotatable bonds is 10. The molecule has 0 saturated carbocycles. The van der Waals surface area contributed by atoms with E-state index in [0.717, 1.165) is 12.8 Å². The SMILES string of the molecule is CCCCCCCCCOc1ccccc1C(=O)[O-].[Na+]. The largest absolute Gasteiger partial charge is 1.00 e. The number of carboxylic acids is 1. The van der Waals surface area contributed by atoms with Crippen LogP contribution in [-0.2, 0) is 0 Å². The number of ether oxygens (including phenoxy) is 1. The molecular formula is C16H23NaO3. The number of carbonyl (C=O) groups is 1. The van der Waals surface area contributed by atoms with Crippen molar-refractivity contribution in [3.63, 3.8) is 0 Å². The van der Waals surface area contributed by atoms with Crippen LogP contribution in [0.5, 0.6) is 5.75 Å². The maximum atomic E-state index is 10.9. The number of hydrogen-bond acceptors (Lipinski definition) is 3. The van der Waals surface area contributed by atoms with Crippen LogP contribution in [0.2, 0.25) is 0 Å². The van der Waals surface area contributed by atoms with Crippen LogP contribution in [-0.4, -0.2) is 12.6 Å². The van der Waals surface area contributed by atoms with Gasteiger partial charge in [-0.15, -0.1) is 0 Å². The molecule has 0 N–H and O–H groups in total. The van der Waals surface area contributed by atoms with Crippen molar-refractivity contribution in [2.45, 2.75) is 51.9 Å². The zero-order chi connectivity index (χ0) is 13.9. The summed E-state index contributed by atoms with van der Waals surface area (Å²) < 4.78 is 5.51. The Morgan fingerprint density at radius 2 is 1.65 bits per heavy atom. The Kier molecular flexibility index (Phi) is 11.9. The van der Waals surface area contributed by atoms with Gasteiger partial charge in [-0.2, -0.15) is 0 Å². The van der Waals surface area contributed by atoms with Gasteiger partial charge in [0.2, 0.25) is 0 Å². The van der Waals surface area contributed by atoms with Gasteiger partial charge < -0.3 is 14.6 Å². The topological polar surface area (TPSA) is 49.4 Å². The second-order valence-electron chi connectivity index (χ2n) is 4.75.